The summed E-state index contributed by atoms with van der Waals surface area (Å²) in [4.78, 5) is 5.59. The lowest BCUT2D eigenvalue weighted by Gasteiger charge is -2.10. The summed E-state index contributed by atoms with van der Waals surface area (Å²) in [6, 6.07) is 7.98. The van der Waals surface area contributed by atoms with Crippen LogP contribution in [-0.4, -0.2) is 35.9 Å². The van der Waals surface area contributed by atoms with Crippen LogP contribution >= 0.6 is 0 Å². The van der Waals surface area contributed by atoms with Crippen molar-refractivity contribution in [3.8, 4) is 0 Å². The molecule has 0 aliphatic rings. The molecule has 0 aliphatic heterocycles. The molecule has 0 aliphatic carbocycles. The van der Waals surface area contributed by atoms with Crippen LogP contribution in [0.25, 0.3) is 43.7 Å². The van der Waals surface area contributed by atoms with Crippen LogP contribution in [-0.2, 0) is 20.2 Å². The van der Waals surface area contributed by atoms with E-state index in [1.807, 2.05) is 0 Å². The van der Waals surface area contributed by atoms with Crippen molar-refractivity contribution in [1.82, 2.24) is 9.97 Å². The Labute approximate surface area is 157 Å². The summed E-state index contributed by atoms with van der Waals surface area (Å²) < 4.78 is 73.3. The normalized spacial score (nSPS) is 13.2. The van der Waals surface area contributed by atoms with Crippen LogP contribution in [0.15, 0.2) is 56.9 Å². The van der Waals surface area contributed by atoms with Gasteiger partial charge in [-0.05, 0) is 30.3 Å². The van der Waals surface area contributed by atoms with Gasteiger partial charge in [-0.25, -0.2) is 0 Å². The summed E-state index contributed by atoms with van der Waals surface area (Å²) >= 11 is 0. The third-order valence-electron chi connectivity index (χ3n) is 4.54. The Kier molecular flexibility index (Phi) is 3.24. The Balaban J connectivity index is 2.11. The minimum absolute atomic E-state index is 0.00698. The molecular formula is C17H10N2O7S2. The monoisotopic (exact) mass is 418 g/mol. The van der Waals surface area contributed by atoms with E-state index in [1.54, 1.807) is 24.3 Å². The molecule has 5 rings (SSSR count). The maximum Gasteiger partial charge on any atom is 0.300 e. The Bertz CT molecular complexity index is 1540. The van der Waals surface area contributed by atoms with Crippen LogP contribution in [0.5, 0.6) is 0 Å². The van der Waals surface area contributed by atoms with Crippen molar-refractivity contribution < 1.29 is 30.4 Å². The molecule has 3 aromatic heterocycles. The first-order valence-corrected chi connectivity index (χ1v) is 10.7. The smallest absolute Gasteiger partial charge is 0.300 e. The molecule has 2 aromatic carbocycles. The number of benzene rings is 2. The van der Waals surface area contributed by atoms with Gasteiger partial charge in [0, 0.05) is 33.9 Å². The van der Waals surface area contributed by atoms with E-state index >= 15 is 0 Å². The molecule has 3 heterocycles. The van der Waals surface area contributed by atoms with Crippen LogP contribution in [0.3, 0.4) is 0 Å². The van der Waals surface area contributed by atoms with Crippen LogP contribution in [0.2, 0.25) is 0 Å². The Morgan fingerprint density at radius 3 is 2.11 bits per heavy atom. The quantitative estimate of drug-likeness (QED) is 0.292. The van der Waals surface area contributed by atoms with E-state index in [9.17, 15) is 25.9 Å². The van der Waals surface area contributed by atoms with Gasteiger partial charge in [-0.2, -0.15) is 16.8 Å². The molecule has 0 bridgehead atoms. The SMILES string of the molecule is O=S(=O)(O)c1c2nccc2cc2cc3cc4cc[nH]c4c(S(=O)(=O)O)c3oc12. The van der Waals surface area contributed by atoms with Crippen LogP contribution in [0.1, 0.15) is 0 Å². The molecule has 0 unspecified atom stereocenters. The second kappa shape index (κ2) is 5.29. The zero-order valence-electron chi connectivity index (χ0n) is 13.7. The summed E-state index contributed by atoms with van der Waals surface area (Å²) in [7, 11) is -9.48. The van der Waals surface area contributed by atoms with Crippen molar-refractivity contribution in [2.24, 2.45) is 0 Å². The fraction of sp³-hybridized carbons (Fsp3) is 0. The van der Waals surface area contributed by atoms with E-state index in [4.69, 9.17) is 4.42 Å². The molecule has 0 radical (unpaired) electrons. The van der Waals surface area contributed by atoms with Crippen molar-refractivity contribution in [1.29, 1.82) is 0 Å². The van der Waals surface area contributed by atoms with E-state index in [1.165, 1.54) is 18.5 Å². The maximum absolute atomic E-state index is 12.0. The molecule has 28 heavy (non-hydrogen) atoms. The Morgan fingerprint density at radius 2 is 1.43 bits per heavy atom. The highest BCUT2D eigenvalue weighted by Gasteiger charge is 2.26. The first kappa shape index (κ1) is 17.1. The van der Waals surface area contributed by atoms with Crippen molar-refractivity contribution >= 4 is 64.0 Å². The second-order valence-corrected chi connectivity index (χ2v) is 8.99. The van der Waals surface area contributed by atoms with Crippen molar-refractivity contribution in [2.45, 2.75) is 9.79 Å². The number of H-pyrrole nitrogens is 1. The zero-order valence-corrected chi connectivity index (χ0v) is 15.4. The van der Waals surface area contributed by atoms with E-state index in [-0.39, 0.29) is 22.2 Å². The highest BCUT2D eigenvalue weighted by molar-refractivity contribution is 7.86. The fourth-order valence-corrected chi connectivity index (χ4v) is 5.12. The van der Waals surface area contributed by atoms with Gasteiger partial charge in [-0.1, -0.05) is 0 Å². The second-order valence-electron chi connectivity index (χ2n) is 6.27. The number of hydrogen-bond acceptors (Lipinski definition) is 6. The first-order chi connectivity index (χ1) is 13.1. The summed E-state index contributed by atoms with van der Waals surface area (Å²) in [5.41, 5.74) is -0.413. The van der Waals surface area contributed by atoms with Gasteiger partial charge in [0.2, 0.25) is 0 Å². The number of hydrogen-bond donors (Lipinski definition) is 3. The van der Waals surface area contributed by atoms with Gasteiger partial charge in [0.05, 0.1) is 11.0 Å². The number of nitrogens with zero attached hydrogens (tertiary/aromatic N) is 1. The summed E-state index contributed by atoms with van der Waals surface area (Å²) in [6.07, 6.45) is 2.88. The van der Waals surface area contributed by atoms with E-state index in [0.717, 1.165) is 0 Å². The molecule has 3 N–H and O–H groups in total. The lowest BCUT2D eigenvalue weighted by molar-refractivity contribution is 0.483. The lowest BCUT2D eigenvalue weighted by Crippen LogP contribution is -2.03. The van der Waals surface area contributed by atoms with Gasteiger partial charge >= 0.3 is 0 Å². The summed E-state index contributed by atoms with van der Waals surface area (Å²) in [5, 5.41) is 1.62. The molecule has 9 nitrogen and oxygen atoms in total. The molecule has 0 saturated carbocycles. The molecule has 0 spiro atoms. The Morgan fingerprint density at radius 1 is 0.821 bits per heavy atom. The van der Waals surface area contributed by atoms with Gasteiger partial charge in [0.15, 0.2) is 21.0 Å². The van der Waals surface area contributed by atoms with Crippen molar-refractivity contribution in [2.75, 3.05) is 0 Å². The molecule has 5 aromatic rings. The lowest BCUT2D eigenvalue weighted by atomic mass is 10.1. The largest absolute Gasteiger partial charge is 0.453 e. The van der Waals surface area contributed by atoms with Crippen LogP contribution in [0.4, 0.5) is 0 Å². The molecule has 11 heteroatoms. The summed E-state index contributed by atoms with van der Waals surface area (Å²) in [5.74, 6) is 0. The van der Waals surface area contributed by atoms with Gasteiger partial charge in [-0.3, -0.25) is 14.1 Å². The summed E-state index contributed by atoms with van der Waals surface area (Å²) in [6.45, 7) is 0. The van der Waals surface area contributed by atoms with E-state index in [2.05, 4.69) is 9.97 Å². The molecule has 0 saturated heterocycles. The minimum Gasteiger partial charge on any atom is -0.453 e. The molecule has 0 amide bonds. The average Bonchev–Trinajstić information content (AvgIpc) is 3.21. The molecular weight excluding hydrogens is 408 g/mol. The number of rotatable bonds is 2. The topological polar surface area (TPSA) is 151 Å². The van der Waals surface area contributed by atoms with Gasteiger partial charge in [-0.15, -0.1) is 0 Å². The number of aromatic nitrogens is 2. The van der Waals surface area contributed by atoms with Crippen molar-refractivity contribution in [3.63, 3.8) is 0 Å². The number of fused-ring (bicyclic) bond motifs is 4. The van der Waals surface area contributed by atoms with Crippen LogP contribution in [0, 0.1) is 0 Å². The standard InChI is InChI=1S/C17H10N2O7S2/c20-27(21,22)16-12-8(1-3-18-12)5-10-7-11-6-9-2-4-19-13(9)17(28(23,24)25)15(11)26-14(10)16/h1-7,18H,(H,20,21,22)(H,23,24,25). The third kappa shape index (κ3) is 2.34. The predicted octanol–water partition coefficient (Wildman–Crippen LogP) is 3.11. The first-order valence-electron chi connectivity index (χ1n) is 7.84. The molecule has 0 atom stereocenters. The van der Waals surface area contributed by atoms with Gasteiger partial charge in [0.25, 0.3) is 20.2 Å². The maximum atomic E-state index is 12.0. The van der Waals surface area contributed by atoms with E-state index < -0.39 is 30.0 Å². The van der Waals surface area contributed by atoms with E-state index in [0.29, 0.717) is 21.5 Å². The minimum atomic E-state index is -4.75. The number of aromatic amines is 1. The third-order valence-corrected chi connectivity index (χ3v) is 6.34. The highest BCUT2D eigenvalue weighted by atomic mass is 32.2. The Hall–Kier alpha value is -2.99. The van der Waals surface area contributed by atoms with Gasteiger partial charge in [0.1, 0.15) is 0 Å². The zero-order chi connectivity index (χ0) is 19.8. The fourth-order valence-electron chi connectivity index (χ4n) is 3.48. The number of nitrogens with one attached hydrogen (secondary N) is 1. The molecule has 0 fully saturated rings. The average molecular weight is 418 g/mol. The molecule has 142 valence electrons. The van der Waals surface area contributed by atoms with Crippen molar-refractivity contribution in [3.05, 3.63) is 42.7 Å². The highest BCUT2D eigenvalue weighted by Crippen LogP contribution is 2.38. The predicted molar refractivity (Wildman–Crippen MR) is 101 cm³/mol. The van der Waals surface area contributed by atoms with Crippen LogP contribution < -0.4 is 0 Å². The van der Waals surface area contributed by atoms with Gasteiger partial charge < -0.3 is 9.40 Å².